The number of aliphatic carboxylic acids is 1. The van der Waals surface area contributed by atoms with Crippen molar-refractivity contribution in [2.75, 3.05) is 38.2 Å². The molecule has 3 aromatic rings. The van der Waals surface area contributed by atoms with Crippen LogP contribution in [0, 0.1) is 5.41 Å². The van der Waals surface area contributed by atoms with Crippen molar-refractivity contribution in [2.45, 2.75) is 38.3 Å². The summed E-state index contributed by atoms with van der Waals surface area (Å²) in [5.74, 6) is -1.09. The van der Waals surface area contributed by atoms with Gasteiger partial charge in [0.25, 0.3) is 0 Å². The van der Waals surface area contributed by atoms with Crippen LogP contribution in [-0.4, -0.2) is 79.0 Å². The van der Waals surface area contributed by atoms with Crippen molar-refractivity contribution in [1.29, 1.82) is 0 Å². The van der Waals surface area contributed by atoms with Gasteiger partial charge < -0.3 is 25.5 Å². The van der Waals surface area contributed by atoms with E-state index in [0.717, 1.165) is 56.9 Å². The van der Waals surface area contributed by atoms with Crippen LogP contribution in [0.2, 0.25) is 0 Å². The molecule has 0 radical (unpaired) electrons. The largest absolute Gasteiger partial charge is 0.481 e. The number of primary amides is 1. The molecule has 4 N–H and O–H groups in total. The summed E-state index contributed by atoms with van der Waals surface area (Å²) < 4.78 is 9.03. The van der Waals surface area contributed by atoms with Gasteiger partial charge in [0.1, 0.15) is 5.65 Å². The van der Waals surface area contributed by atoms with Crippen molar-refractivity contribution < 1.29 is 19.4 Å². The molecule has 1 amide bonds. The predicted octanol–water partition coefficient (Wildman–Crippen LogP) is 1.37. The van der Waals surface area contributed by atoms with Crippen LogP contribution in [0.5, 0.6) is 0 Å². The molecule has 1 saturated heterocycles. The first-order valence-electron chi connectivity index (χ1n) is 11.9. The van der Waals surface area contributed by atoms with Crippen molar-refractivity contribution >= 4 is 34.5 Å². The summed E-state index contributed by atoms with van der Waals surface area (Å²) in [6.45, 7) is 5.05. The summed E-state index contributed by atoms with van der Waals surface area (Å²) >= 11 is 0. The number of carboxylic acids is 1. The van der Waals surface area contributed by atoms with Crippen molar-refractivity contribution in [1.82, 2.24) is 29.2 Å². The minimum atomic E-state index is -1.03. The minimum Gasteiger partial charge on any atom is -0.481 e. The van der Waals surface area contributed by atoms with Crippen LogP contribution in [0.3, 0.4) is 0 Å². The number of rotatable bonds is 10. The van der Waals surface area contributed by atoms with Crippen LogP contribution in [-0.2, 0) is 20.9 Å². The highest BCUT2D eigenvalue weighted by Gasteiger charge is 2.52. The first-order valence-corrected chi connectivity index (χ1v) is 11.9. The summed E-state index contributed by atoms with van der Waals surface area (Å²) in [5.41, 5.74) is 5.80. The number of nitrogens with one attached hydrogen (secondary N) is 1. The molecule has 5 rings (SSSR count). The molecule has 0 aromatic carbocycles. The standard InChI is InChI=1S/C23H30N8O4/c24-19(32)12-18(23(21(33)34)3-1-4-23)31-5-2-16-13-25-22(28-20(16)31)27-17-14-26-30(15-17)7-6-29-8-10-35-11-9-29/h2,5,13-15,18H,1,3-4,6-12H2,(H2,24,32)(H,33,34)(H,25,27,28). The van der Waals surface area contributed by atoms with Crippen molar-refractivity contribution in [3.05, 3.63) is 30.9 Å². The average Bonchev–Trinajstić information content (AvgIpc) is 3.43. The van der Waals surface area contributed by atoms with Crippen molar-refractivity contribution in [3.63, 3.8) is 0 Å². The number of nitrogens with two attached hydrogens (primary N) is 1. The number of carbonyl (C=O) groups is 2. The zero-order chi connectivity index (χ0) is 24.4. The molecular weight excluding hydrogens is 452 g/mol. The number of hydrogen-bond acceptors (Lipinski definition) is 8. The molecule has 3 aromatic heterocycles. The Morgan fingerprint density at radius 3 is 2.71 bits per heavy atom. The van der Waals surface area contributed by atoms with Crippen LogP contribution in [0.25, 0.3) is 11.0 Å². The summed E-state index contributed by atoms with van der Waals surface area (Å²) in [5, 5.41) is 18.3. The lowest BCUT2D eigenvalue weighted by Crippen LogP contribution is -2.46. The lowest BCUT2D eigenvalue weighted by molar-refractivity contribution is -0.159. The lowest BCUT2D eigenvalue weighted by Gasteiger charge is -2.44. The molecule has 0 spiro atoms. The number of carboxylic acid groups (broad SMARTS) is 1. The molecule has 12 heteroatoms. The van der Waals surface area contributed by atoms with Gasteiger partial charge in [-0.1, -0.05) is 6.42 Å². The Morgan fingerprint density at radius 1 is 1.23 bits per heavy atom. The maximum Gasteiger partial charge on any atom is 0.311 e. The topological polar surface area (TPSA) is 153 Å². The van der Waals surface area contributed by atoms with E-state index in [1.165, 1.54) is 0 Å². The number of amides is 1. The molecular formula is C23H30N8O4. The Morgan fingerprint density at radius 2 is 2.03 bits per heavy atom. The quantitative estimate of drug-likeness (QED) is 0.389. The van der Waals surface area contributed by atoms with E-state index < -0.39 is 23.3 Å². The minimum absolute atomic E-state index is 0.0707. The number of carbonyl (C=O) groups excluding carboxylic acids is 1. The van der Waals surface area contributed by atoms with Gasteiger partial charge in [-0.25, -0.2) is 4.98 Å². The van der Waals surface area contributed by atoms with E-state index in [-0.39, 0.29) is 6.42 Å². The monoisotopic (exact) mass is 482 g/mol. The van der Waals surface area contributed by atoms with E-state index in [0.29, 0.717) is 24.4 Å². The van der Waals surface area contributed by atoms with Gasteiger partial charge in [-0.2, -0.15) is 10.1 Å². The van der Waals surface area contributed by atoms with Crippen LogP contribution in [0.1, 0.15) is 31.7 Å². The number of aromatic nitrogens is 5. The highest BCUT2D eigenvalue weighted by atomic mass is 16.5. The van der Waals surface area contributed by atoms with Crippen LogP contribution >= 0.6 is 0 Å². The molecule has 35 heavy (non-hydrogen) atoms. The highest BCUT2D eigenvalue weighted by Crippen LogP contribution is 2.51. The molecule has 2 aliphatic rings. The third-order valence-electron chi connectivity index (χ3n) is 7.13. The Balaban J connectivity index is 1.35. The van der Waals surface area contributed by atoms with E-state index in [1.54, 1.807) is 23.2 Å². The molecule has 4 heterocycles. The second kappa shape index (κ2) is 9.62. The van der Waals surface area contributed by atoms with Crippen molar-refractivity contribution in [2.24, 2.45) is 11.1 Å². The van der Waals surface area contributed by atoms with E-state index >= 15 is 0 Å². The Hall–Kier alpha value is -3.51. The number of hydrogen-bond donors (Lipinski definition) is 3. The van der Waals surface area contributed by atoms with E-state index in [1.807, 2.05) is 16.9 Å². The zero-order valence-electron chi connectivity index (χ0n) is 19.5. The number of anilines is 2. The molecule has 1 aliphatic heterocycles. The molecule has 186 valence electrons. The summed E-state index contributed by atoms with van der Waals surface area (Å²) in [7, 11) is 0. The first kappa shape index (κ1) is 23.2. The lowest BCUT2D eigenvalue weighted by atomic mass is 9.63. The predicted molar refractivity (Wildman–Crippen MR) is 127 cm³/mol. The highest BCUT2D eigenvalue weighted by molar-refractivity contribution is 5.82. The molecule has 1 unspecified atom stereocenters. The van der Waals surface area contributed by atoms with Crippen LogP contribution < -0.4 is 11.1 Å². The van der Waals surface area contributed by atoms with Crippen LogP contribution in [0.4, 0.5) is 11.6 Å². The number of morpholine rings is 1. The molecule has 1 atom stereocenters. The van der Waals surface area contributed by atoms with Gasteiger partial charge in [-0.3, -0.25) is 19.2 Å². The molecule has 12 nitrogen and oxygen atoms in total. The first-order chi connectivity index (χ1) is 16.9. The fourth-order valence-electron chi connectivity index (χ4n) is 5.00. The fraction of sp³-hybridized carbons (Fsp3) is 0.522. The normalized spacial score (nSPS) is 18.7. The average molecular weight is 483 g/mol. The van der Waals surface area contributed by atoms with Gasteiger partial charge in [0.15, 0.2) is 0 Å². The van der Waals surface area contributed by atoms with Gasteiger partial charge in [-0.05, 0) is 18.9 Å². The third-order valence-corrected chi connectivity index (χ3v) is 7.13. The summed E-state index contributed by atoms with van der Waals surface area (Å²) in [6.07, 6.45) is 8.80. The molecule has 1 aliphatic carbocycles. The third kappa shape index (κ3) is 4.71. The Labute approximate surface area is 202 Å². The van der Waals surface area contributed by atoms with E-state index in [2.05, 4.69) is 25.3 Å². The Bertz CT molecular complexity index is 1210. The number of ether oxygens (including phenoxy) is 1. The molecule has 2 fully saturated rings. The van der Waals surface area contributed by atoms with Crippen molar-refractivity contribution in [3.8, 4) is 0 Å². The van der Waals surface area contributed by atoms with Gasteiger partial charge in [-0.15, -0.1) is 0 Å². The number of nitrogens with zero attached hydrogens (tertiary/aromatic N) is 6. The summed E-state index contributed by atoms with van der Waals surface area (Å²) in [4.78, 5) is 35.5. The number of fused-ring (bicyclic) bond motifs is 1. The second-order valence-electron chi connectivity index (χ2n) is 9.27. The molecule has 0 bridgehead atoms. The fourth-order valence-corrected chi connectivity index (χ4v) is 5.00. The van der Waals surface area contributed by atoms with E-state index in [9.17, 15) is 14.7 Å². The summed E-state index contributed by atoms with van der Waals surface area (Å²) in [6, 6.07) is 1.21. The zero-order valence-corrected chi connectivity index (χ0v) is 19.5. The SMILES string of the molecule is NC(=O)CC(n1ccc2cnc(Nc3cnn(CCN4CCOCC4)c3)nc21)C1(C(=O)O)CCC1. The smallest absolute Gasteiger partial charge is 0.311 e. The van der Waals surface area contributed by atoms with Gasteiger partial charge in [0.2, 0.25) is 11.9 Å². The van der Waals surface area contributed by atoms with Gasteiger partial charge >= 0.3 is 5.97 Å². The molecule has 1 saturated carbocycles. The maximum atomic E-state index is 12.2. The van der Waals surface area contributed by atoms with Gasteiger partial charge in [0.05, 0.1) is 43.1 Å². The Kier molecular flexibility index (Phi) is 6.39. The van der Waals surface area contributed by atoms with E-state index in [4.69, 9.17) is 10.5 Å². The van der Waals surface area contributed by atoms with Gasteiger partial charge in [0, 0.05) is 50.0 Å². The van der Waals surface area contributed by atoms with Crippen LogP contribution in [0.15, 0.2) is 30.9 Å². The second-order valence-corrected chi connectivity index (χ2v) is 9.27. The maximum absolute atomic E-state index is 12.2.